The van der Waals surface area contributed by atoms with E-state index in [1.165, 1.54) is 0 Å². The van der Waals surface area contributed by atoms with Crippen LogP contribution in [-0.2, 0) is 4.79 Å². The predicted molar refractivity (Wildman–Crippen MR) is 113 cm³/mol. The third-order valence-corrected chi connectivity index (χ3v) is 5.00. The van der Waals surface area contributed by atoms with Crippen molar-refractivity contribution < 1.29 is 19.1 Å². The lowest BCUT2D eigenvalue weighted by Crippen LogP contribution is -2.27. The van der Waals surface area contributed by atoms with Crippen LogP contribution in [0.1, 0.15) is 12.5 Å². The van der Waals surface area contributed by atoms with E-state index in [9.17, 15) is 9.59 Å². The number of amides is 2. The molecule has 0 radical (unpaired) electrons. The topological polar surface area (TPSA) is 55.8 Å². The minimum Gasteiger partial charge on any atom is -0.490 e. The highest BCUT2D eigenvalue weighted by Crippen LogP contribution is 2.39. The Balaban J connectivity index is 1.90. The van der Waals surface area contributed by atoms with Crippen molar-refractivity contribution in [2.75, 3.05) is 18.1 Å². The summed E-state index contributed by atoms with van der Waals surface area (Å²) >= 11 is 7.02. The van der Waals surface area contributed by atoms with Crippen LogP contribution in [0.4, 0.5) is 10.5 Å². The predicted octanol–water partition coefficient (Wildman–Crippen LogP) is 5.54. The molecule has 5 nitrogen and oxygen atoms in total. The SMILES string of the molecule is C=CCOc1ccc(/C=C2\SC(=O)N(c3ccccc3Cl)C2=O)cc1OCC. The number of para-hydroxylation sites is 1. The Hall–Kier alpha value is -2.70. The Morgan fingerprint density at radius 3 is 2.64 bits per heavy atom. The molecule has 0 bridgehead atoms. The first kappa shape index (κ1) is 20.0. The fourth-order valence-electron chi connectivity index (χ4n) is 2.61. The number of carbonyl (C=O) groups is 2. The first-order valence-electron chi connectivity index (χ1n) is 8.58. The molecule has 0 aromatic heterocycles. The van der Waals surface area contributed by atoms with Gasteiger partial charge in [-0.05, 0) is 54.6 Å². The van der Waals surface area contributed by atoms with Crippen LogP contribution in [0.2, 0.25) is 5.02 Å². The summed E-state index contributed by atoms with van der Waals surface area (Å²) in [7, 11) is 0. The van der Waals surface area contributed by atoms with Crippen molar-refractivity contribution in [3.63, 3.8) is 0 Å². The maximum atomic E-state index is 12.8. The fraction of sp³-hybridized carbons (Fsp3) is 0.143. The molecule has 0 N–H and O–H groups in total. The number of hydrogen-bond acceptors (Lipinski definition) is 5. The van der Waals surface area contributed by atoms with E-state index in [0.717, 1.165) is 22.2 Å². The minimum atomic E-state index is -0.409. The first-order valence-corrected chi connectivity index (χ1v) is 9.77. The molecule has 0 saturated carbocycles. The number of hydrogen-bond donors (Lipinski definition) is 0. The van der Waals surface area contributed by atoms with Crippen molar-refractivity contribution in [3.05, 3.63) is 70.6 Å². The van der Waals surface area contributed by atoms with Crippen LogP contribution in [0.5, 0.6) is 11.5 Å². The zero-order valence-corrected chi connectivity index (χ0v) is 16.8. The van der Waals surface area contributed by atoms with E-state index in [2.05, 4.69) is 6.58 Å². The van der Waals surface area contributed by atoms with Gasteiger partial charge in [-0.15, -0.1) is 0 Å². The number of anilines is 1. The van der Waals surface area contributed by atoms with E-state index >= 15 is 0 Å². The van der Waals surface area contributed by atoms with Crippen molar-refractivity contribution in [3.8, 4) is 11.5 Å². The van der Waals surface area contributed by atoms with E-state index in [1.807, 2.05) is 6.92 Å². The highest BCUT2D eigenvalue weighted by molar-refractivity contribution is 8.19. The van der Waals surface area contributed by atoms with E-state index < -0.39 is 5.91 Å². The fourth-order valence-corrected chi connectivity index (χ4v) is 3.67. The molecule has 1 aliphatic rings. The molecular formula is C21H18ClNO4S. The van der Waals surface area contributed by atoms with Gasteiger partial charge in [0.05, 0.1) is 22.2 Å². The normalized spacial score (nSPS) is 15.2. The summed E-state index contributed by atoms with van der Waals surface area (Å²) in [5.41, 5.74) is 1.09. The molecule has 28 heavy (non-hydrogen) atoms. The van der Waals surface area contributed by atoms with Gasteiger partial charge in [-0.2, -0.15) is 0 Å². The molecule has 2 amide bonds. The van der Waals surface area contributed by atoms with E-state index in [-0.39, 0.29) is 5.24 Å². The van der Waals surface area contributed by atoms with Gasteiger partial charge in [-0.1, -0.05) is 42.5 Å². The first-order chi connectivity index (χ1) is 13.5. The summed E-state index contributed by atoms with van der Waals surface area (Å²) in [6.45, 7) is 6.33. The smallest absolute Gasteiger partial charge is 0.298 e. The Kier molecular flexibility index (Phi) is 6.44. The maximum absolute atomic E-state index is 12.8. The van der Waals surface area contributed by atoms with Gasteiger partial charge >= 0.3 is 0 Å². The van der Waals surface area contributed by atoms with Gasteiger partial charge in [0.2, 0.25) is 0 Å². The van der Waals surface area contributed by atoms with Crippen LogP contribution in [0, 0.1) is 0 Å². The monoisotopic (exact) mass is 415 g/mol. The Bertz CT molecular complexity index is 957. The Labute approximate surface area is 172 Å². The van der Waals surface area contributed by atoms with Gasteiger partial charge < -0.3 is 9.47 Å². The number of rotatable bonds is 7. The van der Waals surface area contributed by atoms with Crippen LogP contribution in [0.3, 0.4) is 0 Å². The molecule has 1 heterocycles. The quantitative estimate of drug-likeness (QED) is 0.438. The zero-order chi connectivity index (χ0) is 20.1. The number of imide groups is 1. The van der Waals surface area contributed by atoms with Gasteiger partial charge in [0.1, 0.15) is 6.61 Å². The van der Waals surface area contributed by atoms with Gasteiger partial charge in [-0.3, -0.25) is 9.59 Å². The lowest BCUT2D eigenvalue weighted by molar-refractivity contribution is -0.113. The molecule has 0 atom stereocenters. The van der Waals surface area contributed by atoms with Crippen LogP contribution in [0.15, 0.2) is 60.0 Å². The molecule has 3 rings (SSSR count). The molecular weight excluding hydrogens is 398 g/mol. The van der Waals surface area contributed by atoms with Crippen LogP contribution >= 0.6 is 23.4 Å². The molecule has 1 saturated heterocycles. The number of thioether (sulfide) groups is 1. The molecule has 1 fully saturated rings. The number of ether oxygens (including phenoxy) is 2. The molecule has 2 aromatic rings. The van der Waals surface area contributed by atoms with E-state index in [4.69, 9.17) is 21.1 Å². The van der Waals surface area contributed by atoms with Gasteiger partial charge in [0, 0.05) is 0 Å². The lowest BCUT2D eigenvalue weighted by Gasteiger charge is -2.13. The third kappa shape index (κ3) is 4.24. The van der Waals surface area contributed by atoms with Crippen molar-refractivity contribution in [1.82, 2.24) is 0 Å². The van der Waals surface area contributed by atoms with Crippen molar-refractivity contribution in [1.29, 1.82) is 0 Å². The molecule has 1 aliphatic heterocycles. The molecule has 0 spiro atoms. The van der Waals surface area contributed by atoms with Crippen molar-refractivity contribution >= 4 is 46.3 Å². The molecule has 144 valence electrons. The number of nitrogens with zero attached hydrogens (tertiary/aromatic N) is 1. The van der Waals surface area contributed by atoms with Crippen LogP contribution < -0.4 is 14.4 Å². The summed E-state index contributed by atoms with van der Waals surface area (Å²) in [6.07, 6.45) is 3.30. The largest absolute Gasteiger partial charge is 0.490 e. The van der Waals surface area contributed by atoms with Gasteiger partial charge in [0.25, 0.3) is 11.1 Å². The standard InChI is InChI=1S/C21H18ClNO4S/c1-3-11-27-17-10-9-14(12-18(17)26-4-2)13-19-20(24)23(21(25)28-19)16-8-6-5-7-15(16)22/h3,5-10,12-13H,1,4,11H2,2H3/b19-13-. The number of carbonyl (C=O) groups excluding carboxylic acids is 2. The second-order valence-corrected chi connectivity index (χ2v) is 7.11. The molecule has 7 heteroatoms. The lowest BCUT2D eigenvalue weighted by atomic mass is 10.1. The summed E-state index contributed by atoms with van der Waals surface area (Å²) in [4.78, 5) is 26.6. The zero-order valence-electron chi connectivity index (χ0n) is 15.2. The second-order valence-electron chi connectivity index (χ2n) is 5.71. The molecule has 0 aliphatic carbocycles. The average Bonchev–Trinajstić information content (AvgIpc) is 2.95. The summed E-state index contributed by atoms with van der Waals surface area (Å²) in [6, 6.07) is 12.1. The minimum absolute atomic E-state index is 0.312. The van der Waals surface area contributed by atoms with E-state index in [0.29, 0.717) is 40.3 Å². The second kappa shape index (κ2) is 8.99. The molecule has 2 aromatic carbocycles. The third-order valence-electron chi connectivity index (χ3n) is 3.81. The van der Waals surface area contributed by atoms with Crippen molar-refractivity contribution in [2.24, 2.45) is 0 Å². The Morgan fingerprint density at radius 1 is 1.14 bits per heavy atom. The molecule has 0 unspecified atom stereocenters. The Morgan fingerprint density at radius 2 is 1.93 bits per heavy atom. The van der Waals surface area contributed by atoms with Gasteiger partial charge in [0.15, 0.2) is 11.5 Å². The van der Waals surface area contributed by atoms with Crippen LogP contribution in [-0.4, -0.2) is 24.4 Å². The van der Waals surface area contributed by atoms with E-state index in [1.54, 1.807) is 54.6 Å². The summed E-state index contributed by atoms with van der Waals surface area (Å²) in [5.74, 6) is 0.736. The highest BCUT2D eigenvalue weighted by Gasteiger charge is 2.37. The highest BCUT2D eigenvalue weighted by atomic mass is 35.5. The van der Waals surface area contributed by atoms with Crippen molar-refractivity contribution in [2.45, 2.75) is 6.92 Å². The maximum Gasteiger partial charge on any atom is 0.298 e. The summed E-state index contributed by atoms with van der Waals surface area (Å²) < 4.78 is 11.2. The van der Waals surface area contributed by atoms with Gasteiger partial charge in [-0.25, -0.2) is 4.90 Å². The summed E-state index contributed by atoms with van der Waals surface area (Å²) in [5, 5.41) is -0.0475. The van der Waals surface area contributed by atoms with Crippen LogP contribution in [0.25, 0.3) is 6.08 Å². The number of halogens is 1. The average molecular weight is 416 g/mol. The number of benzene rings is 2.